The highest BCUT2D eigenvalue weighted by molar-refractivity contribution is 6.64. The maximum atomic E-state index is 6.14. The summed E-state index contributed by atoms with van der Waals surface area (Å²) in [6.45, 7) is 6.63. The van der Waals surface area contributed by atoms with E-state index in [0.29, 0.717) is 5.92 Å². The van der Waals surface area contributed by atoms with E-state index in [0.717, 1.165) is 18.3 Å². The average molecular weight is 175 g/mol. The van der Waals surface area contributed by atoms with E-state index in [2.05, 4.69) is 18.4 Å². The van der Waals surface area contributed by atoms with Gasteiger partial charge in [0.1, 0.15) is 13.1 Å². The highest BCUT2D eigenvalue weighted by Crippen LogP contribution is 2.09. The van der Waals surface area contributed by atoms with Crippen LogP contribution in [0, 0.1) is 5.92 Å². The van der Waals surface area contributed by atoms with Crippen molar-refractivity contribution in [1.82, 2.24) is 0 Å². The Morgan fingerprint density at radius 2 is 1.73 bits per heavy atom. The van der Waals surface area contributed by atoms with Crippen molar-refractivity contribution in [2.45, 2.75) is 33.1 Å². The summed E-state index contributed by atoms with van der Waals surface area (Å²) in [5, 5.41) is 1.05. The molecule has 1 aliphatic heterocycles. The Hall–Kier alpha value is -0.0400. The molecule has 2 heteroatoms. The van der Waals surface area contributed by atoms with Crippen molar-refractivity contribution in [2.24, 2.45) is 5.92 Å². The number of nitrogens with zero attached hydrogens (tertiary/aromatic N) is 1. The molecule has 1 heterocycles. The zero-order chi connectivity index (χ0) is 8.27. The van der Waals surface area contributed by atoms with Crippen molar-refractivity contribution in [1.29, 1.82) is 0 Å². The van der Waals surface area contributed by atoms with Gasteiger partial charge in [-0.15, -0.1) is 0 Å². The van der Waals surface area contributed by atoms with Gasteiger partial charge in [-0.25, -0.2) is 4.58 Å². The maximum absolute atomic E-state index is 6.14. The molecule has 1 fully saturated rings. The molecule has 1 aliphatic rings. The molecule has 0 radical (unpaired) electrons. The van der Waals surface area contributed by atoms with E-state index in [4.69, 9.17) is 11.6 Å². The Morgan fingerprint density at radius 3 is 2.18 bits per heavy atom. The topological polar surface area (TPSA) is 3.01 Å². The van der Waals surface area contributed by atoms with E-state index in [9.17, 15) is 0 Å². The fraction of sp³-hybridized carbons (Fsp3) is 0.889. The van der Waals surface area contributed by atoms with Crippen LogP contribution in [-0.4, -0.2) is 22.8 Å². The summed E-state index contributed by atoms with van der Waals surface area (Å²) in [5.41, 5.74) is 0. The Balaban J connectivity index is 2.60. The fourth-order valence-corrected chi connectivity index (χ4v) is 1.64. The first-order chi connectivity index (χ1) is 5.22. The Labute approximate surface area is 74.1 Å². The van der Waals surface area contributed by atoms with E-state index in [1.165, 1.54) is 19.3 Å². The predicted octanol–water partition coefficient (Wildman–Crippen LogP) is 2.48. The molecule has 0 bridgehead atoms. The number of hydrogen-bond acceptors (Lipinski definition) is 0. The minimum Gasteiger partial charge on any atom is -0.223 e. The Kier molecular flexibility index (Phi) is 3.38. The van der Waals surface area contributed by atoms with Crippen molar-refractivity contribution in [3.05, 3.63) is 0 Å². The highest BCUT2D eigenvalue weighted by Gasteiger charge is 2.18. The first-order valence-electron chi connectivity index (χ1n) is 4.49. The molecule has 1 saturated heterocycles. The van der Waals surface area contributed by atoms with Crippen LogP contribution in [0.5, 0.6) is 0 Å². The van der Waals surface area contributed by atoms with Crippen LogP contribution in [0.25, 0.3) is 0 Å². The van der Waals surface area contributed by atoms with Crippen LogP contribution in [0.2, 0.25) is 0 Å². The lowest BCUT2D eigenvalue weighted by Crippen LogP contribution is -2.26. The largest absolute Gasteiger partial charge is 0.247 e. The van der Waals surface area contributed by atoms with Crippen LogP contribution >= 0.6 is 11.6 Å². The fourth-order valence-electron chi connectivity index (χ4n) is 1.47. The average Bonchev–Trinajstić information content (AvgIpc) is 2.05. The van der Waals surface area contributed by atoms with Gasteiger partial charge in [0.25, 0.3) is 0 Å². The molecule has 0 aromatic carbocycles. The van der Waals surface area contributed by atoms with Gasteiger partial charge in [-0.3, -0.25) is 0 Å². The molecule has 64 valence electrons. The van der Waals surface area contributed by atoms with Gasteiger partial charge in [0.2, 0.25) is 5.17 Å². The summed E-state index contributed by atoms with van der Waals surface area (Å²) in [6, 6.07) is 0. The standard InChI is InChI=1S/C9H17ClN/c1-8(2)9(10)11-6-4-3-5-7-11/h8H,3-7H2,1-2H3/q+1. The molecule has 0 N–H and O–H groups in total. The van der Waals surface area contributed by atoms with Crippen LogP contribution in [0.4, 0.5) is 0 Å². The van der Waals surface area contributed by atoms with Gasteiger partial charge >= 0.3 is 0 Å². The summed E-state index contributed by atoms with van der Waals surface area (Å²) < 4.78 is 2.32. The molecule has 0 aromatic rings. The minimum atomic E-state index is 0.495. The molecule has 0 amide bonds. The summed E-state index contributed by atoms with van der Waals surface area (Å²) in [7, 11) is 0. The van der Waals surface area contributed by atoms with Gasteiger partial charge in [0.15, 0.2) is 0 Å². The maximum Gasteiger partial charge on any atom is 0.247 e. The van der Waals surface area contributed by atoms with Crippen LogP contribution in [0.1, 0.15) is 33.1 Å². The van der Waals surface area contributed by atoms with Crippen LogP contribution < -0.4 is 0 Å². The molecule has 1 rings (SSSR count). The molecule has 0 atom stereocenters. The molecule has 11 heavy (non-hydrogen) atoms. The summed E-state index contributed by atoms with van der Waals surface area (Å²) in [5.74, 6) is 0.495. The SMILES string of the molecule is CC(C)C(Cl)=[N+]1CCCCC1. The van der Waals surface area contributed by atoms with Crippen molar-refractivity contribution < 1.29 is 4.58 Å². The molecule has 0 saturated carbocycles. The second kappa shape index (κ2) is 4.10. The summed E-state index contributed by atoms with van der Waals surface area (Å²) in [4.78, 5) is 0. The molecule has 0 spiro atoms. The van der Waals surface area contributed by atoms with E-state index in [-0.39, 0.29) is 0 Å². The molecule has 0 aromatic heterocycles. The summed E-state index contributed by atoms with van der Waals surface area (Å²) in [6.07, 6.45) is 3.99. The van der Waals surface area contributed by atoms with Gasteiger partial charge in [0, 0.05) is 18.8 Å². The van der Waals surface area contributed by atoms with Crippen molar-refractivity contribution in [2.75, 3.05) is 13.1 Å². The van der Waals surface area contributed by atoms with Crippen molar-refractivity contribution in [3.8, 4) is 0 Å². The van der Waals surface area contributed by atoms with E-state index < -0.39 is 0 Å². The predicted molar refractivity (Wildman–Crippen MR) is 49.5 cm³/mol. The van der Waals surface area contributed by atoms with Gasteiger partial charge in [0.05, 0.1) is 0 Å². The first kappa shape index (κ1) is 9.05. The van der Waals surface area contributed by atoms with Gasteiger partial charge < -0.3 is 0 Å². The van der Waals surface area contributed by atoms with Crippen molar-refractivity contribution >= 4 is 16.8 Å². The van der Waals surface area contributed by atoms with Gasteiger partial charge in [-0.2, -0.15) is 0 Å². The quantitative estimate of drug-likeness (QED) is 0.538. The number of halogens is 1. The third-order valence-corrected chi connectivity index (χ3v) is 2.81. The lowest BCUT2D eigenvalue weighted by atomic mass is 10.1. The van der Waals surface area contributed by atoms with Crippen LogP contribution in [0.3, 0.4) is 0 Å². The second-order valence-electron chi connectivity index (χ2n) is 3.53. The second-order valence-corrected chi connectivity index (χ2v) is 3.91. The zero-order valence-corrected chi connectivity index (χ0v) is 8.19. The van der Waals surface area contributed by atoms with E-state index >= 15 is 0 Å². The molecular weight excluding hydrogens is 158 g/mol. The monoisotopic (exact) mass is 174 g/mol. The smallest absolute Gasteiger partial charge is 0.223 e. The highest BCUT2D eigenvalue weighted by atomic mass is 35.5. The van der Waals surface area contributed by atoms with E-state index in [1.807, 2.05) is 0 Å². The lowest BCUT2D eigenvalue weighted by molar-refractivity contribution is -0.537. The van der Waals surface area contributed by atoms with E-state index in [1.54, 1.807) is 0 Å². The minimum absolute atomic E-state index is 0.495. The van der Waals surface area contributed by atoms with Crippen molar-refractivity contribution in [3.63, 3.8) is 0 Å². The zero-order valence-electron chi connectivity index (χ0n) is 7.44. The molecule has 0 aliphatic carbocycles. The normalized spacial score (nSPS) is 19.1. The van der Waals surface area contributed by atoms with Crippen LogP contribution in [-0.2, 0) is 0 Å². The van der Waals surface area contributed by atoms with Gasteiger partial charge in [-0.1, -0.05) is 13.8 Å². The Morgan fingerprint density at radius 1 is 1.18 bits per heavy atom. The lowest BCUT2D eigenvalue weighted by Gasteiger charge is -2.12. The third-order valence-electron chi connectivity index (χ3n) is 2.13. The first-order valence-corrected chi connectivity index (χ1v) is 4.87. The number of rotatable bonds is 1. The molecular formula is C9H17ClN+. The van der Waals surface area contributed by atoms with Gasteiger partial charge in [-0.05, 0) is 18.0 Å². The molecule has 0 unspecified atom stereocenters. The Bertz CT molecular complexity index is 153. The van der Waals surface area contributed by atoms with Crippen LogP contribution in [0.15, 0.2) is 0 Å². The molecule has 1 nitrogen and oxygen atoms in total. The number of piperidine rings is 1. The summed E-state index contributed by atoms with van der Waals surface area (Å²) >= 11 is 6.14. The third kappa shape index (κ3) is 2.48. The number of hydrogen-bond donors (Lipinski definition) is 0.